The highest BCUT2D eigenvalue weighted by atomic mass is 32.1. The van der Waals surface area contributed by atoms with E-state index in [1.807, 2.05) is 0 Å². The number of benzene rings is 2. The first-order valence-electron chi connectivity index (χ1n) is 12.4. The number of ether oxygens (including phenoxy) is 3. The Balaban J connectivity index is 1.40. The number of ketones is 1. The van der Waals surface area contributed by atoms with Gasteiger partial charge in [0, 0.05) is 47.8 Å². The molecule has 190 valence electrons. The lowest BCUT2D eigenvalue weighted by Gasteiger charge is -2.25. The summed E-state index contributed by atoms with van der Waals surface area (Å²) in [6, 6.07) is 9.98. The largest absolute Gasteiger partial charge is 0.493 e. The summed E-state index contributed by atoms with van der Waals surface area (Å²) >= 11 is 5.45. The van der Waals surface area contributed by atoms with Crippen LogP contribution in [0.25, 0.3) is 10.9 Å². The molecule has 2 aromatic carbocycles. The molecule has 1 fully saturated rings. The summed E-state index contributed by atoms with van der Waals surface area (Å²) in [6.45, 7) is 2.27. The van der Waals surface area contributed by atoms with Gasteiger partial charge in [-0.15, -0.1) is 0 Å². The van der Waals surface area contributed by atoms with Gasteiger partial charge >= 0.3 is 0 Å². The van der Waals surface area contributed by atoms with Crippen molar-refractivity contribution in [1.82, 2.24) is 4.98 Å². The molecule has 0 atom stereocenters. The van der Waals surface area contributed by atoms with Gasteiger partial charge < -0.3 is 14.2 Å². The van der Waals surface area contributed by atoms with Crippen molar-refractivity contribution in [3.05, 3.63) is 54.0 Å². The van der Waals surface area contributed by atoms with Gasteiger partial charge in [-0.2, -0.15) is 0 Å². The number of carbonyl (C=O) groups excluding carboxylic acids is 1. The molecule has 0 unspecified atom stereocenters. The van der Waals surface area contributed by atoms with E-state index in [9.17, 15) is 9.18 Å². The second-order valence-electron chi connectivity index (χ2n) is 9.65. The van der Waals surface area contributed by atoms with Crippen LogP contribution in [0, 0.1) is 17.7 Å². The second-order valence-corrected chi connectivity index (χ2v) is 10.2. The number of carbonyl (C=O) groups is 1. The Labute approximate surface area is 217 Å². The van der Waals surface area contributed by atoms with Crippen LogP contribution in [-0.4, -0.2) is 29.9 Å². The van der Waals surface area contributed by atoms with Gasteiger partial charge in [0.1, 0.15) is 23.1 Å². The Kier molecular flexibility index (Phi) is 8.52. The maximum atomic E-state index is 14.9. The fraction of sp³-hybridized carbons (Fsp3) is 0.414. The van der Waals surface area contributed by atoms with E-state index in [0.29, 0.717) is 56.7 Å². The molecule has 4 rings (SSSR count). The van der Waals surface area contributed by atoms with Crippen molar-refractivity contribution in [3.63, 3.8) is 0 Å². The molecule has 0 N–H and O–H groups in total. The van der Waals surface area contributed by atoms with Gasteiger partial charge in [-0.05, 0) is 48.4 Å². The number of Topliss-reactive ketones (excluding diaryl/α,β-unsaturated/α-hetero) is 1. The molecule has 1 heterocycles. The zero-order valence-electron chi connectivity index (χ0n) is 21.0. The molecular formula is C29H32FNO4S. The van der Waals surface area contributed by atoms with Gasteiger partial charge in [-0.25, -0.2) is 4.39 Å². The van der Waals surface area contributed by atoms with E-state index in [2.05, 4.69) is 11.9 Å². The van der Waals surface area contributed by atoms with Gasteiger partial charge in [-0.3, -0.25) is 9.78 Å². The lowest BCUT2D eigenvalue weighted by atomic mass is 9.80. The summed E-state index contributed by atoms with van der Waals surface area (Å²) in [5.74, 6) is 2.96. The van der Waals surface area contributed by atoms with Crippen LogP contribution in [-0.2, 0) is 11.2 Å². The van der Waals surface area contributed by atoms with Crippen molar-refractivity contribution < 1.29 is 23.4 Å². The summed E-state index contributed by atoms with van der Waals surface area (Å²) < 4.78 is 31.6. The van der Waals surface area contributed by atoms with E-state index in [0.717, 1.165) is 18.8 Å². The lowest BCUT2D eigenvalue weighted by molar-refractivity contribution is -0.119. The number of rotatable bonds is 10. The van der Waals surface area contributed by atoms with E-state index in [-0.39, 0.29) is 18.6 Å². The molecule has 36 heavy (non-hydrogen) atoms. The van der Waals surface area contributed by atoms with Crippen LogP contribution in [0.3, 0.4) is 0 Å². The molecule has 1 aromatic heterocycles. The lowest BCUT2D eigenvalue weighted by Crippen LogP contribution is -2.18. The Morgan fingerprint density at radius 3 is 2.44 bits per heavy atom. The number of pyridine rings is 1. The molecule has 1 saturated carbocycles. The number of halogens is 1. The minimum absolute atomic E-state index is 0.163. The highest BCUT2D eigenvalue weighted by Crippen LogP contribution is 2.37. The van der Waals surface area contributed by atoms with E-state index in [1.54, 1.807) is 50.7 Å². The third-order valence-electron chi connectivity index (χ3n) is 6.89. The maximum Gasteiger partial charge on any atom is 0.162 e. The van der Waals surface area contributed by atoms with Gasteiger partial charge in [-0.1, -0.05) is 38.0 Å². The van der Waals surface area contributed by atoms with E-state index in [4.69, 9.17) is 26.4 Å². The monoisotopic (exact) mass is 509 g/mol. The van der Waals surface area contributed by atoms with E-state index >= 15 is 0 Å². The standard InChI is InChI=1S/C29H32FNO4S/c1-18-4-6-19(7-5-18)12-21(32)14-23(36)13-20-8-9-22(15-25(20)30)35-27-10-11-31-26-17-29(34-3)28(33-2)16-24(26)27/h8-11,15-19H,4-7,12-14H2,1-3H3. The molecule has 1 aliphatic carbocycles. The average molecular weight is 510 g/mol. The van der Waals surface area contributed by atoms with Crippen molar-refractivity contribution in [2.24, 2.45) is 11.8 Å². The predicted molar refractivity (Wildman–Crippen MR) is 143 cm³/mol. The Morgan fingerprint density at radius 1 is 1.03 bits per heavy atom. The number of aromatic nitrogens is 1. The zero-order chi connectivity index (χ0) is 25.7. The van der Waals surface area contributed by atoms with E-state index < -0.39 is 5.82 Å². The Bertz CT molecular complexity index is 1250. The topological polar surface area (TPSA) is 57.7 Å². The van der Waals surface area contributed by atoms with Gasteiger partial charge in [0.05, 0.1) is 19.7 Å². The van der Waals surface area contributed by atoms with Crippen LogP contribution in [0.15, 0.2) is 42.6 Å². The minimum Gasteiger partial charge on any atom is -0.493 e. The quantitative estimate of drug-likeness (QED) is 0.268. The van der Waals surface area contributed by atoms with Crippen LogP contribution >= 0.6 is 12.2 Å². The normalized spacial score (nSPS) is 17.6. The molecule has 0 amide bonds. The van der Waals surface area contributed by atoms with Crippen LogP contribution in [0.5, 0.6) is 23.0 Å². The van der Waals surface area contributed by atoms with E-state index in [1.165, 1.54) is 18.9 Å². The van der Waals surface area contributed by atoms with Crippen molar-refractivity contribution in [3.8, 4) is 23.0 Å². The first-order chi connectivity index (χ1) is 17.4. The van der Waals surface area contributed by atoms with Crippen LogP contribution in [0.1, 0.15) is 51.0 Å². The first-order valence-corrected chi connectivity index (χ1v) is 12.8. The third kappa shape index (κ3) is 6.38. The van der Waals surface area contributed by atoms with Gasteiger partial charge in [0.2, 0.25) is 0 Å². The SMILES string of the molecule is COc1cc2nccc(Oc3ccc(CC(=S)CC(=O)CC4CCC(C)CC4)c(F)c3)c2cc1OC. The van der Waals surface area contributed by atoms with Crippen LogP contribution < -0.4 is 14.2 Å². The molecule has 7 heteroatoms. The number of methoxy groups -OCH3 is 2. The third-order valence-corrected chi connectivity index (χ3v) is 7.18. The first kappa shape index (κ1) is 26.0. The summed E-state index contributed by atoms with van der Waals surface area (Å²) in [5, 5.41) is 0.715. The van der Waals surface area contributed by atoms with Crippen molar-refractivity contribution in [2.45, 2.75) is 51.9 Å². The molecule has 5 nitrogen and oxygen atoms in total. The molecular weight excluding hydrogens is 477 g/mol. The van der Waals surface area contributed by atoms with Crippen molar-refractivity contribution >= 4 is 33.8 Å². The maximum absolute atomic E-state index is 14.9. The fourth-order valence-electron chi connectivity index (χ4n) is 4.82. The highest BCUT2D eigenvalue weighted by Gasteiger charge is 2.21. The number of thiocarbonyl (C=S) groups is 1. The van der Waals surface area contributed by atoms with Gasteiger partial charge in [0.15, 0.2) is 11.5 Å². The Morgan fingerprint density at radius 2 is 1.75 bits per heavy atom. The Hall–Kier alpha value is -3.06. The molecule has 0 saturated heterocycles. The fourth-order valence-corrected chi connectivity index (χ4v) is 5.14. The number of nitrogens with zero attached hydrogens (tertiary/aromatic N) is 1. The average Bonchev–Trinajstić information content (AvgIpc) is 2.86. The molecule has 0 aliphatic heterocycles. The van der Waals surface area contributed by atoms with Crippen molar-refractivity contribution in [1.29, 1.82) is 0 Å². The minimum atomic E-state index is -0.416. The van der Waals surface area contributed by atoms with Crippen LogP contribution in [0.2, 0.25) is 0 Å². The summed E-state index contributed by atoms with van der Waals surface area (Å²) in [7, 11) is 3.12. The number of fused-ring (bicyclic) bond motifs is 1. The summed E-state index contributed by atoms with van der Waals surface area (Å²) in [4.78, 5) is 17.4. The molecule has 0 bridgehead atoms. The van der Waals surface area contributed by atoms with Crippen molar-refractivity contribution in [2.75, 3.05) is 14.2 Å². The van der Waals surface area contributed by atoms with Gasteiger partial charge in [0.25, 0.3) is 0 Å². The molecule has 0 spiro atoms. The summed E-state index contributed by atoms with van der Waals surface area (Å²) in [5.41, 5.74) is 1.12. The highest BCUT2D eigenvalue weighted by molar-refractivity contribution is 7.80. The second kappa shape index (κ2) is 11.8. The summed E-state index contributed by atoms with van der Waals surface area (Å²) in [6.07, 6.45) is 7.30. The van der Waals surface area contributed by atoms with Crippen LogP contribution in [0.4, 0.5) is 4.39 Å². The predicted octanol–water partition coefficient (Wildman–Crippen LogP) is 7.27. The molecule has 0 radical (unpaired) electrons. The number of hydrogen-bond acceptors (Lipinski definition) is 6. The zero-order valence-corrected chi connectivity index (χ0v) is 21.8. The molecule has 3 aromatic rings. The number of hydrogen-bond donors (Lipinski definition) is 0. The smallest absolute Gasteiger partial charge is 0.162 e. The molecule has 1 aliphatic rings.